The molecule has 0 aliphatic rings. The van der Waals surface area contributed by atoms with Crippen molar-refractivity contribution in [1.29, 1.82) is 0 Å². The number of aliphatic hydroxyl groups is 1. The topological polar surface area (TPSA) is 78.0 Å². The number of nitrogens with one attached hydrogen (secondary N) is 2. The van der Waals surface area contributed by atoms with Crippen LogP contribution in [0.15, 0.2) is 40.2 Å². The number of nitrogens with zero attached hydrogens (tertiary/aromatic N) is 1. The SMILES string of the molecule is CC(C)C[C@H](CO)Nc1cc(SC(C)c2cccc(C(F)(F)F)c2)nc2sc(=O)[nH]c12. The van der Waals surface area contributed by atoms with Crippen LogP contribution in [0.4, 0.5) is 18.9 Å². The van der Waals surface area contributed by atoms with Crippen molar-refractivity contribution in [2.45, 2.75) is 49.7 Å². The molecular formula is C21H24F3N3O2S2. The van der Waals surface area contributed by atoms with Crippen LogP contribution >= 0.6 is 23.1 Å². The molecule has 2 aromatic heterocycles. The van der Waals surface area contributed by atoms with E-state index in [1.54, 1.807) is 12.1 Å². The average Bonchev–Trinajstić information content (AvgIpc) is 3.07. The van der Waals surface area contributed by atoms with E-state index in [1.165, 1.54) is 17.8 Å². The van der Waals surface area contributed by atoms with Crippen LogP contribution in [0.25, 0.3) is 10.3 Å². The van der Waals surface area contributed by atoms with Crippen LogP contribution in [0.5, 0.6) is 0 Å². The molecule has 3 aromatic rings. The molecule has 0 spiro atoms. The van der Waals surface area contributed by atoms with Crippen LogP contribution in [0.1, 0.15) is 43.6 Å². The number of alkyl halides is 3. The number of thioether (sulfide) groups is 1. The first-order valence-corrected chi connectivity index (χ1v) is 11.5. The molecule has 0 saturated heterocycles. The number of thiazole rings is 1. The summed E-state index contributed by atoms with van der Waals surface area (Å²) in [6, 6.07) is 6.82. The molecule has 1 aromatic carbocycles. The maximum atomic E-state index is 13.1. The Morgan fingerprint density at radius 2 is 2.00 bits per heavy atom. The number of hydrogen-bond donors (Lipinski definition) is 3. The van der Waals surface area contributed by atoms with Gasteiger partial charge in [0.15, 0.2) is 0 Å². The van der Waals surface area contributed by atoms with E-state index in [2.05, 4.69) is 29.1 Å². The summed E-state index contributed by atoms with van der Waals surface area (Å²) in [5, 5.41) is 13.3. The van der Waals surface area contributed by atoms with Gasteiger partial charge in [-0.15, -0.1) is 0 Å². The normalized spacial score (nSPS) is 14.2. The molecule has 0 bridgehead atoms. The number of H-pyrrole nitrogens is 1. The molecular weight excluding hydrogens is 447 g/mol. The van der Waals surface area contributed by atoms with Crippen molar-refractivity contribution in [3.05, 3.63) is 51.1 Å². The summed E-state index contributed by atoms with van der Waals surface area (Å²) >= 11 is 2.28. The van der Waals surface area contributed by atoms with Gasteiger partial charge < -0.3 is 15.4 Å². The van der Waals surface area contributed by atoms with E-state index in [0.717, 1.165) is 29.9 Å². The number of rotatable bonds is 8. The highest BCUT2D eigenvalue weighted by Crippen LogP contribution is 2.39. The van der Waals surface area contributed by atoms with Crippen molar-refractivity contribution in [2.24, 2.45) is 5.92 Å². The van der Waals surface area contributed by atoms with Crippen molar-refractivity contribution in [3.63, 3.8) is 0 Å². The van der Waals surface area contributed by atoms with E-state index in [-0.39, 0.29) is 22.8 Å². The van der Waals surface area contributed by atoms with Gasteiger partial charge in [-0.2, -0.15) is 13.2 Å². The van der Waals surface area contributed by atoms with Crippen LogP contribution in [0, 0.1) is 5.92 Å². The number of halogens is 3. The fourth-order valence-corrected chi connectivity index (χ4v) is 5.04. The fraction of sp³-hybridized carbons (Fsp3) is 0.429. The number of anilines is 1. The molecule has 0 saturated carbocycles. The van der Waals surface area contributed by atoms with Crippen LogP contribution in [0.3, 0.4) is 0 Å². The summed E-state index contributed by atoms with van der Waals surface area (Å²) in [6.07, 6.45) is -3.67. The third kappa shape index (κ3) is 6.02. The van der Waals surface area contributed by atoms with Gasteiger partial charge >= 0.3 is 11.0 Å². The lowest BCUT2D eigenvalue weighted by Gasteiger charge is -2.20. The van der Waals surface area contributed by atoms with Gasteiger partial charge in [0.05, 0.1) is 17.9 Å². The molecule has 31 heavy (non-hydrogen) atoms. The molecule has 0 aliphatic carbocycles. The number of benzene rings is 1. The van der Waals surface area contributed by atoms with E-state index < -0.39 is 11.7 Å². The first-order chi connectivity index (χ1) is 14.6. The minimum Gasteiger partial charge on any atom is -0.394 e. The highest BCUT2D eigenvalue weighted by atomic mass is 32.2. The second-order valence-electron chi connectivity index (χ2n) is 7.74. The lowest BCUT2D eigenvalue weighted by atomic mass is 10.0. The number of aliphatic hydroxyl groups excluding tert-OH is 1. The van der Waals surface area contributed by atoms with Gasteiger partial charge in [-0.3, -0.25) is 4.79 Å². The molecule has 168 valence electrons. The zero-order chi connectivity index (χ0) is 22.8. The van der Waals surface area contributed by atoms with Crippen LogP contribution in [-0.4, -0.2) is 27.7 Å². The molecule has 10 heteroatoms. The quantitative estimate of drug-likeness (QED) is 0.369. The van der Waals surface area contributed by atoms with Crippen molar-refractivity contribution in [2.75, 3.05) is 11.9 Å². The first-order valence-electron chi connectivity index (χ1n) is 9.82. The summed E-state index contributed by atoms with van der Waals surface area (Å²) in [5.74, 6) is 0.360. The summed E-state index contributed by atoms with van der Waals surface area (Å²) in [4.78, 5) is 19.4. The van der Waals surface area contributed by atoms with Crippen molar-refractivity contribution in [3.8, 4) is 0 Å². The van der Waals surface area contributed by atoms with E-state index in [1.807, 2.05) is 6.92 Å². The summed E-state index contributed by atoms with van der Waals surface area (Å²) in [5.41, 5.74) is 1.05. The number of aromatic amines is 1. The predicted molar refractivity (Wildman–Crippen MR) is 120 cm³/mol. The minimum atomic E-state index is -4.40. The largest absolute Gasteiger partial charge is 0.416 e. The predicted octanol–water partition coefficient (Wildman–Crippen LogP) is 5.68. The average molecular weight is 472 g/mol. The standard InChI is InChI=1S/C21H24F3N3O2S2/c1-11(2)7-15(10-28)25-16-9-17(26-19-18(16)27-20(29)31-19)30-12(3)13-5-4-6-14(8-13)21(22,23)24/h4-6,8-9,11-12,15,28H,7,10H2,1-3H3,(H,25,26)(H,27,29)/t12?,15-/m1/s1. The Labute approximate surface area is 186 Å². The van der Waals surface area contributed by atoms with Gasteiger partial charge in [0, 0.05) is 11.3 Å². The molecule has 1 unspecified atom stereocenters. The highest BCUT2D eigenvalue weighted by Gasteiger charge is 2.30. The summed E-state index contributed by atoms with van der Waals surface area (Å²) < 4.78 is 39.2. The first kappa shape index (κ1) is 23.6. The van der Waals surface area contributed by atoms with Gasteiger partial charge in [0.1, 0.15) is 15.4 Å². The Bertz CT molecular complexity index is 1100. The van der Waals surface area contributed by atoms with Gasteiger partial charge in [-0.1, -0.05) is 55.1 Å². The third-order valence-electron chi connectivity index (χ3n) is 4.70. The van der Waals surface area contributed by atoms with Crippen LogP contribution in [-0.2, 0) is 6.18 Å². The second-order valence-corrected chi connectivity index (χ2v) is 10.1. The smallest absolute Gasteiger partial charge is 0.394 e. The number of aromatic nitrogens is 2. The minimum absolute atomic E-state index is 0.0700. The third-order valence-corrected chi connectivity index (χ3v) is 6.55. The Balaban J connectivity index is 1.91. The lowest BCUT2D eigenvalue weighted by Crippen LogP contribution is -2.25. The van der Waals surface area contributed by atoms with Crippen molar-refractivity contribution in [1.82, 2.24) is 9.97 Å². The van der Waals surface area contributed by atoms with Crippen molar-refractivity contribution >= 4 is 39.1 Å². The Hall–Kier alpha value is -2.04. The van der Waals surface area contributed by atoms with Gasteiger partial charge in [0.25, 0.3) is 0 Å². The van der Waals surface area contributed by atoms with E-state index >= 15 is 0 Å². The molecule has 0 radical (unpaired) electrons. The fourth-order valence-electron chi connectivity index (χ4n) is 3.27. The number of pyridine rings is 1. The monoisotopic (exact) mass is 471 g/mol. The second kappa shape index (κ2) is 9.62. The van der Waals surface area contributed by atoms with Crippen LogP contribution < -0.4 is 10.2 Å². The molecule has 0 aliphatic heterocycles. The molecule has 2 heterocycles. The Kier molecular flexibility index (Phi) is 7.33. The molecule has 0 amide bonds. The maximum absolute atomic E-state index is 13.1. The summed E-state index contributed by atoms with van der Waals surface area (Å²) in [7, 11) is 0. The molecule has 3 N–H and O–H groups in total. The van der Waals surface area contributed by atoms with Gasteiger partial charge in [-0.05, 0) is 37.0 Å². The number of fused-ring (bicyclic) bond motifs is 1. The van der Waals surface area contributed by atoms with E-state index in [0.29, 0.717) is 32.5 Å². The molecule has 2 atom stereocenters. The maximum Gasteiger partial charge on any atom is 0.416 e. The highest BCUT2D eigenvalue weighted by molar-refractivity contribution is 7.99. The lowest BCUT2D eigenvalue weighted by molar-refractivity contribution is -0.137. The van der Waals surface area contributed by atoms with E-state index in [4.69, 9.17) is 0 Å². The van der Waals surface area contributed by atoms with E-state index in [9.17, 15) is 23.1 Å². The molecule has 0 fully saturated rings. The zero-order valence-corrected chi connectivity index (χ0v) is 18.9. The van der Waals surface area contributed by atoms with Crippen LogP contribution in [0.2, 0.25) is 0 Å². The van der Waals surface area contributed by atoms with Crippen molar-refractivity contribution < 1.29 is 18.3 Å². The van der Waals surface area contributed by atoms with Gasteiger partial charge in [0.2, 0.25) is 0 Å². The Morgan fingerprint density at radius 1 is 1.26 bits per heavy atom. The Morgan fingerprint density at radius 3 is 2.65 bits per heavy atom. The molecule has 5 nitrogen and oxygen atoms in total. The zero-order valence-electron chi connectivity index (χ0n) is 17.3. The molecule has 3 rings (SSSR count). The van der Waals surface area contributed by atoms with Gasteiger partial charge in [-0.25, -0.2) is 4.98 Å². The number of hydrogen-bond acceptors (Lipinski definition) is 6. The summed E-state index contributed by atoms with van der Waals surface area (Å²) in [6.45, 7) is 5.85.